The fraction of sp³-hybridized carbons (Fsp3) is 0.455. The third kappa shape index (κ3) is 4.91. The molecule has 7 heteroatoms. The first-order valence-electron chi connectivity index (χ1n) is 10.5. The van der Waals surface area contributed by atoms with Crippen LogP contribution in [0.2, 0.25) is 0 Å². The Balaban J connectivity index is 1.35. The van der Waals surface area contributed by atoms with E-state index in [0.717, 1.165) is 61.6 Å². The van der Waals surface area contributed by atoms with E-state index in [1.807, 2.05) is 36.1 Å². The summed E-state index contributed by atoms with van der Waals surface area (Å²) in [5.74, 6) is 1.85. The first-order valence-corrected chi connectivity index (χ1v) is 10.5. The maximum Gasteiger partial charge on any atom is 0.191 e. The van der Waals surface area contributed by atoms with Crippen LogP contribution >= 0.6 is 0 Å². The summed E-state index contributed by atoms with van der Waals surface area (Å²) >= 11 is 0. The second kappa shape index (κ2) is 9.03. The molecule has 29 heavy (non-hydrogen) atoms. The SMILES string of the molecule is CCNC(=NCCc1cc2ccccc2o1)NC1CCCN(c2cnn(C)c2)C1. The van der Waals surface area contributed by atoms with E-state index in [9.17, 15) is 0 Å². The van der Waals surface area contributed by atoms with Crippen molar-refractivity contribution in [2.45, 2.75) is 32.2 Å². The van der Waals surface area contributed by atoms with E-state index in [1.54, 1.807) is 0 Å². The van der Waals surface area contributed by atoms with Crippen molar-refractivity contribution in [3.05, 3.63) is 48.5 Å². The number of hydrogen-bond donors (Lipinski definition) is 2. The van der Waals surface area contributed by atoms with Crippen LogP contribution in [0.5, 0.6) is 0 Å². The molecule has 7 nitrogen and oxygen atoms in total. The number of para-hydroxylation sites is 1. The first kappa shape index (κ1) is 19.4. The maximum absolute atomic E-state index is 5.90. The molecule has 0 saturated carbocycles. The standard InChI is InChI=1S/C22H30N6O/c1-3-23-22(24-11-10-20-13-17-7-4-5-9-21(17)29-20)26-18-8-6-12-28(15-18)19-14-25-27(2)16-19/h4-5,7,9,13-14,16,18H,3,6,8,10-12,15H2,1-2H3,(H2,23,24,26). The van der Waals surface area contributed by atoms with Crippen molar-refractivity contribution in [3.8, 4) is 0 Å². The van der Waals surface area contributed by atoms with Crippen LogP contribution in [-0.4, -0.2) is 48.0 Å². The molecular weight excluding hydrogens is 364 g/mol. The van der Waals surface area contributed by atoms with Crippen LogP contribution < -0.4 is 15.5 Å². The van der Waals surface area contributed by atoms with Gasteiger partial charge in [-0.05, 0) is 31.9 Å². The van der Waals surface area contributed by atoms with Gasteiger partial charge in [0.2, 0.25) is 0 Å². The summed E-state index contributed by atoms with van der Waals surface area (Å²) < 4.78 is 7.76. The molecule has 154 valence electrons. The maximum atomic E-state index is 5.90. The van der Waals surface area contributed by atoms with Crippen LogP contribution in [0.1, 0.15) is 25.5 Å². The normalized spacial score (nSPS) is 17.7. The Kier molecular flexibility index (Phi) is 6.03. The topological polar surface area (TPSA) is 70.6 Å². The van der Waals surface area contributed by atoms with Crippen molar-refractivity contribution < 1.29 is 4.42 Å². The predicted molar refractivity (Wildman–Crippen MR) is 117 cm³/mol. The molecule has 2 aromatic heterocycles. The summed E-state index contributed by atoms with van der Waals surface area (Å²) in [7, 11) is 1.96. The third-order valence-corrected chi connectivity index (χ3v) is 5.27. The number of piperidine rings is 1. The highest BCUT2D eigenvalue weighted by Gasteiger charge is 2.21. The zero-order valence-electron chi connectivity index (χ0n) is 17.3. The van der Waals surface area contributed by atoms with Crippen LogP contribution in [-0.2, 0) is 13.5 Å². The van der Waals surface area contributed by atoms with Gasteiger partial charge in [0.1, 0.15) is 11.3 Å². The molecular formula is C22H30N6O. The third-order valence-electron chi connectivity index (χ3n) is 5.27. The lowest BCUT2D eigenvalue weighted by Gasteiger charge is -2.34. The summed E-state index contributed by atoms with van der Waals surface area (Å²) in [4.78, 5) is 7.17. The quantitative estimate of drug-likeness (QED) is 0.497. The molecule has 3 aromatic rings. The molecule has 0 radical (unpaired) electrons. The predicted octanol–water partition coefficient (Wildman–Crippen LogP) is 2.93. The van der Waals surface area contributed by atoms with E-state index in [0.29, 0.717) is 12.6 Å². The summed E-state index contributed by atoms with van der Waals surface area (Å²) in [5.41, 5.74) is 2.13. The number of nitrogens with one attached hydrogen (secondary N) is 2. The lowest BCUT2D eigenvalue weighted by atomic mass is 10.1. The second-order valence-corrected chi connectivity index (χ2v) is 7.56. The Morgan fingerprint density at radius 1 is 1.34 bits per heavy atom. The van der Waals surface area contributed by atoms with Gasteiger partial charge in [-0.1, -0.05) is 18.2 Å². The zero-order chi connectivity index (χ0) is 20.1. The first-order chi connectivity index (χ1) is 14.2. The number of aryl methyl sites for hydroxylation is 1. The van der Waals surface area contributed by atoms with Gasteiger partial charge in [0.05, 0.1) is 11.9 Å². The average Bonchev–Trinajstić information content (AvgIpc) is 3.34. The van der Waals surface area contributed by atoms with Gasteiger partial charge in [-0.2, -0.15) is 5.10 Å². The minimum atomic E-state index is 0.368. The Bertz CT molecular complexity index is 926. The lowest BCUT2D eigenvalue weighted by Crippen LogP contribution is -2.51. The molecule has 1 saturated heterocycles. The lowest BCUT2D eigenvalue weighted by molar-refractivity contribution is 0.468. The van der Waals surface area contributed by atoms with E-state index >= 15 is 0 Å². The number of rotatable bonds is 6. The van der Waals surface area contributed by atoms with Crippen LogP contribution in [0.4, 0.5) is 5.69 Å². The Morgan fingerprint density at radius 2 is 2.24 bits per heavy atom. The highest BCUT2D eigenvalue weighted by molar-refractivity contribution is 5.80. The van der Waals surface area contributed by atoms with Crippen LogP contribution in [0.25, 0.3) is 11.0 Å². The van der Waals surface area contributed by atoms with Crippen molar-refractivity contribution in [1.29, 1.82) is 0 Å². The number of fused-ring (bicyclic) bond motifs is 1. The molecule has 0 spiro atoms. The molecule has 1 unspecified atom stereocenters. The number of aromatic nitrogens is 2. The summed E-state index contributed by atoms with van der Waals surface area (Å²) in [6.07, 6.45) is 7.11. The summed E-state index contributed by atoms with van der Waals surface area (Å²) in [6.45, 7) is 5.66. The van der Waals surface area contributed by atoms with Crippen LogP contribution in [0.15, 0.2) is 52.1 Å². The number of hydrogen-bond acceptors (Lipinski definition) is 4. The summed E-state index contributed by atoms with van der Waals surface area (Å²) in [5, 5.41) is 12.4. The van der Waals surface area contributed by atoms with Crippen molar-refractivity contribution in [2.24, 2.45) is 12.0 Å². The minimum Gasteiger partial charge on any atom is -0.461 e. The smallest absolute Gasteiger partial charge is 0.191 e. The molecule has 0 bridgehead atoms. The molecule has 3 heterocycles. The number of guanidine groups is 1. The molecule has 4 rings (SSSR count). The van der Waals surface area contributed by atoms with E-state index in [1.165, 1.54) is 5.69 Å². The van der Waals surface area contributed by atoms with E-state index in [2.05, 4.69) is 45.9 Å². The van der Waals surface area contributed by atoms with Crippen LogP contribution in [0, 0.1) is 0 Å². The number of benzene rings is 1. The van der Waals surface area contributed by atoms with Gasteiger partial charge in [-0.15, -0.1) is 0 Å². The van der Waals surface area contributed by atoms with Crippen molar-refractivity contribution in [2.75, 3.05) is 31.1 Å². The Labute approximate surface area is 171 Å². The highest BCUT2D eigenvalue weighted by Crippen LogP contribution is 2.20. The minimum absolute atomic E-state index is 0.368. The molecule has 1 aliphatic rings. The molecule has 0 aliphatic carbocycles. The van der Waals surface area contributed by atoms with Gasteiger partial charge in [-0.25, -0.2) is 0 Å². The fourth-order valence-corrected chi connectivity index (χ4v) is 3.85. The molecule has 1 atom stereocenters. The molecule has 1 aromatic carbocycles. The molecule has 1 fully saturated rings. The van der Waals surface area contributed by atoms with Crippen molar-refractivity contribution in [1.82, 2.24) is 20.4 Å². The number of aliphatic imine (C=N–C) groups is 1. The van der Waals surface area contributed by atoms with E-state index < -0.39 is 0 Å². The number of furan rings is 1. The Morgan fingerprint density at radius 3 is 3.03 bits per heavy atom. The largest absolute Gasteiger partial charge is 0.461 e. The molecule has 0 amide bonds. The summed E-state index contributed by atoms with van der Waals surface area (Å²) in [6, 6.07) is 10.6. The van der Waals surface area contributed by atoms with Crippen molar-refractivity contribution >= 4 is 22.6 Å². The van der Waals surface area contributed by atoms with E-state index in [4.69, 9.17) is 9.41 Å². The Hall–Kier alpha value is -2.96. The van der Waals surface area contributed by atoms with E-state index in [-0.39, 0.29) is 0 Å². The average molecular weight is 395 g/mol. The number of anilines is 1. The van der Waals surface area contributed by atoms with Gasteiger partial charge in [0.15, 0.2) is 5.96 Å². The van der Waals surface area contributed by atoms with Gasteiger partial charge in [-0.3, -0.25) is 9.67 Å². The molecule has 2 N–H and O–H groups in total. The highest BCUT2D eigenvalue weighted by atomic mass is 16.3. The molecule has 1 aliphatic heterocycles. The van der Waals surface area contributed by atoms with Gasteiger partial charge < -0.3 is 20.0 Å². The van der Waals surface area contributed by atoms with Crippen molar-refractivity contribution in [3.63, 3.8) is 0 Å². The van der Waals surface area contributed by atoms with Gasteiger partial charge in [0.25, 0.3) is 0 Å². The monoisotopic (exact) mass is 394 g/mol. The van der Waals surface area contributed by atoms with Crippen LogP contribution in [0.3, 0.4) is 0 Å². The fourth-order valence-electron chi connectivity index (χ4n) is 3.85. The number of nitrogens with zero attached hydrogens (tertiary/aromatic N) is 4. The second-order valence-electron chi connectivity index (χ2n) is 7.56. The zero-order valence-corrected chi connectivity index (χ0v) is 17.3. The van der Waals surface area contributed by atoms with Gasteiger partial charge >= 0.3 is 0 Å². The van der Waals surface area contributed by atoms with Gasteiger partial charge in [0, 0.05) is 57.3 Å².